The third-order valence-corrected chi connectivity index (χ3v) is 14.2. The molecule has 0 unspecified atom stereocenters. The Morgan fingerprint density at radius 3 is 1.69 bits per heavy atom. The molecule has 0 saturated heterocycles. The van der Waals surface area contributed by atoms with Gasteiger partial charge in [-0.3, -0.25) is 0 Å². The van der Waals surface area contributed by atoms with Crippen molar-refractivity contribution in [2.45, 2.75) is 111 Å². The fourth-order valence-electron chi connectivity index (χ4n) is 11.1. The van der Waals surface area contributed by atoms with Crippen LogP contribution < -0.4 is 26.2 Å². The van der Waals surface area contributed by atoms with Gasteiger partial charge in [-0.05, 0) is 151 Å². The molecule has 0 atom stereocenters. The molecule has 0 N–H and O–H groups in total. The van der Waals surface area contributed by atoms with Crippen LogP contribution in [-0.4, -0.2) is 6.71 Å². The van der Waals surface area contributed by atoms with Crippen LogP contribution in [0, 0.1) is 13.8 Å². The molecule has 2 aliphatic heterocycles. The fourth-order valence-corrected chi connectivity index (χ4v) is 11.1. The average molecular weight is 812 g/mol. The lowest BCUT2D eigenvalue weighted by atomic mass is 9.33. The summed E-state index contributed by atoms with van der Waals surface area (Å²) in [4.78, 5) is 4.84. The normalized spacial score (nSPS) is 16.8. The molecule has 10 rings (SSSR count). The van der Waals surface area contributed by atoms with Gasteiger partial charge < -0.3 is 9.80 Å². The highest BCUT2D eigenvalue weighted by atomic mass is 15.2. The number of nitrogens with zero attached hydrogens (tertiary/aromatic N) is 2. The summed E-state index contributed by atoms with van der Waals surface area (Å²) in [6.07, 6.45) is 1.04. The summed E-state index contributed by atoms with van der Waals surface area (Å²) in [6.45, 7) is 22.9. The summed E-state index contributed by atoms with van der Waals surface area (Å²) in [6, 6.07) is 51.0. The van der Waals surface area contributed by atoms with Gasteiger partial charge in [-0.1, -0.05) is 166 Å². The van der Waals surface area contributed by atoms with Gasteiger partial charge in [0.05, 0.1) is 5.69 Å². The zero-order chi connectivity index (χ0) is 46.2. The quantitative estimate of drug-likeness (QED) is 0.163. The van der Waals surface area contributed by atoms with Crippen molar-refractivity contribution in [1.82, 2.24) is 0 Å². The number of rotatable bonds is 4. The smallest absolute Gasteiger partial charge is 0.252 e. The highest BCUT2D eigenvalue weighted by Gasteiger charge is 2.48. The highest BCUT2D eigenvalue weighted by molar-refractivity contribution is 7.00. The van der Waals surface area contributed by atoms with Gasteiger partial charge in [-0.25, -0.2) is 0 Å². The minimum atomic E-state index is -2.38. The maximum atomic E-state index is 9.13. The van der Waals surface area contributed by atoms with Crippen molar-refractivity contribution in [3.8, 4) is 22.3 Å². The van der Waals surface area contributed by atoms with E-state index < -0.39 is 6.85 Å². The van der Waals surface area contributed by atoms with Gasteiger partial charge >= 0.3 is 0 Å². The lowest BCUT2D eigenvalue weighted by Gasteiger charge is -2.46. The van der Waals surface area contributed by atoms with Crippen molar-refractivity contribution in [3.05, 3.63) is 173 Å². The van der Waals surface area contributed by atoms with E-state index in [1.165, 1.54) is 33.2 Å². The molecule has 0 aromatic heterocycles. The largest absolute Gasteiger partial charge is 0.311 e. The molecule has 310 valence electrons. The zero-order valence-electron chi connectivity index (χ0n) is 41.5. The molecule has 1 aliphatic carbocycles. The summed E-state index contributed by atoms with van der Waals surface area (Å²) < 4.78 is 27.4. The first kappa shape index (κ1) is 36.8. The van der Waals surface area contributed by atoms with Gasteiger partial charge in [-0.2, -0.15) is 0 Å². The van der Waals surface area contributed by atoms with E-state index in [0.717, 1.165) is 73.8 Å². The van der Waals surface area contributed by atoms with Crippen LogP contribution in [0.15, 0.2) is 140 Å². The minimum Gasteiger partial charge on any atom is -0.311 e. The van der Waals surface area contributed by atoms with Crippen LogP contribution in [0.3, 0.4) is 0 Å². The number of benzene rings is 7. The molecule has 0 fully saturated rings. The first-order valence-electron chi connectivity index (χ1n) is 24.0. The van der Waals surface area contributed by atoms with E-state index in [2.05, 4.69) is 213 Å². The van der Waals surface area contributed by atoms with Gasteiger partial charge in [0.15, 0.2) is 0 Å². The van der Waals surface area contributed by atoms with Gasteiger partial charge in [0, 0.05) is 38.1 Å². The molecule has 62 heavy (non-hydrogen) atoms. The van der Waals surface area contributed by atoms with Gasteiger partial charge in [0.2, 0.25) is 0 Å². The number of hydrogen-bond acceptors (Lipinski definition) is 2. The third kappa shape index (κ3) is 6.37. The Balaban J connectivity index is 1.37. The zero-order valence-corrected chi connectivity index (χ0v) is 38.5. The van der Waals surface area contributed by atoms with Crippen molar-refractivity contribution in [3.63, 3.8) is 0 Å². The Bertz CT molecular complexity index is 3040. The predicted molar refractivity (Wildman–Crippen MR) is 269 cm³/mol. The summed E-state index contributed by atoms with van der Waals surface area (Å²) in [5, 5.41) is 0. The molecule has 7 aromatic carbocycles. The molecule has 3 aliphatic rings. The van der Waals surface area contributed by atoms with E-state index in [-0.39, 0.29) is 28.4 Å². The summed E-state index contributed by atoms with van der Waals surface area (Å²) in [5.74, 6) is 0. The van der Waals surface area contributed by atoms with Gasteiger partial charge in [-0.15, -0.1) is 0 Å². The van der Waals surface area contributed by atoms with Crippen LogP contribution in [0.2, 0.25) is 0 Å². The molecule has 0 spiro atoms. The number of fused-ring (bicyclic) bond motifs is 5. The topological polar surface area (TPSA) is 6.48 Å². The van der Waals surface area contributed by atoms with Crippen molar-refractivity contribution >= 4 is 57.2 Å². The number of hydrogen-bond donors (Lipinski definition) is 0. The Hall–Kier alpha value is -5.80. The van der Waals surface area contributed by atoms with E-state index in [1.807, 2.05) is 12.1 Å². The first-order valence-corrected chi connectivity index (χ1v) is 22.5. The second-order valence-corrected chi connectivity index (χ2v) is 21.7. The van der Waals surface area contributed by atoms with E-state index in [1.54, 1.807) is 0 Å². The minimum absolute atomic E-state index is 0.0327. The van der Waals surface area contributed by atoms with E-state index in [0.29, 0.717) is 5.56 Å². The Labute approximate surface area is 376 Å². The Kier molecular flexibility index (Phi) is 8.23. The standard InChI is InChI=1S/C59H61BN2/c1-37-29-53-55-54(30-37)62(50-31-41(24-23-38(50)2)39-19-15-13-16-20-39)52-35-46-45(58(9,10)36-59(46,11)12)34-48(52)60(55)47-27-25-43(57(6,7)8)33-51(47)61(53)49-28-26-42(56(3,4)5)32-44(49)40-21-17-14-18-22-40/h13-35H,36H2,1-12H3/i1D3. The van der Waals surface area contributed by atoms with Crippen LogP contribution in [0.25, 0.3) is 22.3 Å². The van der Waals surface area contributed by atoms with Gasteiger partial charge in [0.25, 0.3) is 6.71 Å². The second kappa shape index (κ2) is 13.9. The molecule has 0 amide bonds. The lowest BCUT2D eigenvalue weighted by Crippen LogP contribution is -2.61. The van der Waals surface area contributed by atoms with Crippen molar-refractivity contribution in [1.29, 1.82) is 0 Å². The molecule has 3 heteroatoms. The van der Waals surface area contributed by atoms with Crippen molar-refractivity contribution in [2.75, 3.05) is 9.80 Å². The van der Waals surface area contributed by atoms with E-state index >= 15 is 0 Å². The Morgan fingerprint density at radius 1 is 0.500 bits per heavy atom. The van der Waals surface area contributed by atoms with Gasteiger partial charge in [0.1, 0.15) is 0 Å². The molecule has 0 saturated carbocycles. The van der Waals surface area contributed by atoms with Crippen molar-refractivity contribution in [2.24, 2.45) is 0 Å². The van der Waals surface area contributed by atoms with Crippen LogP contribution in [0.4, 0.5) is 34.1 Å². The van der Waals surface area contributed by atoms with Crippen molar-refractivity contribution < 1.29 is 4.11 Å². The SMILES string of the molecule is [2H]C([2H])([2H])c1cc2c3c(c1)N(c1ccc(C(C)(C)C)cc1-c1ccccc1)c1cc(C(C)(C)C)ccc1B3c1cc3c(cc1N2c1cc(-c2ccccc2)ccc1C)C(C)(C)CC3(C)C. The predicted octanol–water partition coefficient (Wildman–Crippen LogP) is 14.3. The molecular weight excluding hydrogens is 747 g/mol. The second-order valence-electron chi connectivity index (χ2n) is 21.7. The fraction of sp³-hybridized carbons (Fsp3) is 0.288. The maximum absolute atomic E-state index is 9.13. The molecular formula is C59H61BN2. The summed E-state index contributed by atoms with van der Waals surface area (Å²) in [5.41, 5.74) is 20.6. The third-order valence-electron chi connectivity index (χ3n) is 14.2. The number of aryl methyl sites for hydroxylation is 2. The average Bonchev–Trinajstić information content (AvgIpc) is 3.43. The summed E-state index contributed by atoms with van der Waals surface area (Å²) >= 11 is 0. The van der Waals surface area contributed by atoms with Crippen LogP contribution in [0.5, 0.6) is 0 Å². The Morgan fingerprint density at radius 2 is 1.06 bits per heavy atom. The molecule has 0 radical (unpaired) electrons. The molecule has 0 bridgehead atoms. The molecule has 2 nitrogen and oxygen atoms in total. The van der Waals surface area contributed by atoms with E-state index in [9.17, 15) is 0 Å². The van der Waals surface area contributed by atoms with E-state index in [4.69, 9.17) is 4.11 Å². The maximum Gasteiger partial charge on any atom is 0.252 e. The lowest BCUT2D eigenvalue weighted by molar-refractivity contribution is 0.403. The number of anilines is 6. The molecule has 7 aromatic rings. The highest BCUT2D eigenvalue weighted by Crippen LogP contribution is 2.53. The molecule has 2 heterocycles. The van der Waals surface area contributed by atoms with Crippen LogP contribution in [0.1, 0.15) is 113 Å². The monoisotopic (exact) mass is 812 g/mol. The first-order chi connectivity index (χ1) is 30.5. The van der Waals surface area contributed by atoms with Crippen LogP contribution >= 0.6 is 0 Å². The van der Waals surface area contributed by atoms with Crippen LogP contribution in [-0.2, 0) is 21.7 Å². The summed E-state index contributed by atoms with van der Waals surface area (Å²) in [7, 11) is 0.